The van der Waals surface area contributed by atoms with E-state index in [9.17, 15) is 4.39 Å². The molecule has 0 radical (unpaired) electrons. The highest BCUT2D eigenvalue weighted by Crippen LogP contribution is 2.36. The Kier molecular flexibility index (Phi) is 3.35. The molecule has 0 fully saturated rings. The summed E-state index contributed by atoms with van der Waals surface area (Å²) in [7, 11) is 1.54. The van der Waals surface area contributed by atoms with Crippen molar-refractivity contribution in [3.63, 3.8) is 0 Å². The molecule has 1 aromatic carbocycles. The Balaban J connectivity index is 3.42. The molecule has 0 amide bonds. The second-order valence-electron chi connectivity index (χ2n) is 4.12. The summed E-state index contributed by atoms with van der Waals surface area (Å²) in [6.07, 6.45) is 0. The fraction of sp³-hybridized carbons (Fsp3) is 0.500. The Morgan fingerprint density at radius 1 is 1.40 bits per heavy atom. The summed E-state index contributed by atoms with van der Waals surface area (Å²) in [4.78, 5) is 0. The number of rotatable bonds is 3. The first-order valence-corrected chi connectivity index (χ1v) is 4.97. The van der Waals surface area contributed by atoms with Gasteiger partial charge >= 0.3 is 0 Å². The first-order chi connectivity index (χ1) is 6.91. The molecule has 0 heterocycles. The Labute approximate surface area is 90.2 Å². The van der Waals surface area contributed by atoms with Crippen LogP contribution in [0.2, 0.25) is 0 Å². The van der Waals surface area contributed by atoms with Gasteiger partial charge in [-0.05, 0) is 26.3 Å². The van der Waals surface area contributed by atoms with Crippen LogP contribution in [0.3, 0.4) is 0 Å². The van der Waals surface area contributed by atoms with Crippen LogP contribution in [0.15, 0.2) is 12.1 Å². The molecule has 2 N–H and O–H groups in total. The van der Waals surface area contributed by atoms with E-state index in [0.717, 1.165) is 11.1 Å². The number of methoxy groups -OCH3 is 1. The molecule has 0 spiro atoms. The van der Waals surface area contributed by atoms with E-state index in [-0.39, 0.29) is 0 Å². The Morgan fingerprint density at radius 2 is 2.00 bits per heavy atom. The van der Waals surface area contributed by atoms with Crippen molar-refractivity contribution < 1.29 is 9.13 Å². The maximum atomic E-state index is 13.9. The van der Waals surface area contributed by atoms with Crippen molar-refractivity contribution in [3.05, 3.63) is 28.8 Å². The zero-order valence-electron chi connectivity index (χ0n) is 9.73. The molecule has 1 aromatic rings. The van der Waals surface area contributed by atoms with Gasteiger partial charge in [-0.3, -0.25) is 0 Å². The molecule has 0 aromatic heterocycles. The third-order valence-corrected chi connectivity index (χ3v) is 2.54. The van der Waals surface area contributed by atoms with Crippen molar-refractivity contribution in [2.45, 2.75) is 33.0 Å². The number of nitrogens with two attached hydrogens (primary N) is 1. The van der Waals surface area contributed by atoms with Crippen molar-refractivity contribution >= 4 is 0 Å². The minimum absolute atomic E-state index is 0.360. The number of aryl methyl sites for hydroxylation is 1. The molecule has 84 valence electrons. The Morgan fingerprint density at radius 3 is 2.40 bits per heavy atom. The molecule has 2 nitrogen and oxygen atoms in total. The normalized spacial score (nSPS) is 11.6. The lowest BCUT2D eigenvalue weighted by Crippen LogP contribution is -2.14. The largest absolute Gasteiger partial charge is 0.496 e. The van der Waals surface area contributed by atoms with Crippen LogP contribution in [-0.4, -0.2) is 7.11 Å². The average molecular weight is 211 g/mol. The number of hydrogen-bond donors (Lipinski definition) is 1. The molecule has 0 saturated heterocycles. The molecule has 3 heteroatoms. The molecule has 1 rings (SSSR count). The number of hydrogen-bond acceptors (Lipinski definition) is 2. The average Bonchev–Trinajstić information content (AvgIpc) is 2.15. The summed E-state index contributed by atoms with van der Waals surface area (Å²) in [5, 5.41) is 0. The van der Waals surface area contributed by atoms with Gasteiger partial charge in [-0.2, -0.15) is 0 Å². The molecular formula is C12H18FNO. The van der Waals surface area contributed by atoms with Gasteiger partial charge in [-0.1, -0.05) is 12.1 Å². The van der Waals surface area contributed by atoms with Gasteiger partial charge < -0.3 is 10.5 Å². The number of halogens is 1. The summed E-state index contributed by atoms with van der Waals surface area (Å²) in [5.74, 6) is 0.574. The molecule has 0 unspecified atom stereocenters. The molecule has 0 saturated carbocycles. The van der Waals surface area contributed by atoms with Gasteiger partial charge in [0.2, 0.25) is 0 Å². The SMILES string of the molecule is COc1c(C(C)(C)F)ccc(C)c1CN. The highest BCUT2D eigenvalue weighted by atomic mass is 19.1. The minimum Gasteiger partial charge on any atom is -0.496 e. The first-order valence-electron chi connectivity index (χ1n) is 4.97. The summed E-state index contributed by atoms with van der Waals surface area (Å²) in [5.41, 5.74) is 6.68. The van der Waals surface area contributed by atoms with Crippen molar-refractivity contribution in [3.8, 4) is 5.75 Å². The van der Waals surface area contributed by atoms with Crippen LogP contribution in [0.5, 0.6) is 5.75 Å². The van der Waals surface area contributed by atoms with E-state index in [1.807, 2.05) is 13.0 Å². The standard InChI is InChI=1S/C12H18FNO/c1-8-5-6-10(12(2,3)13)11(15-4)9(8)7-14/h5-6H,7,14H2,1-4H3. The van der Waals surface area contributed by atoms with Gasteiger partial charge in [0, 0.05) is 17.7 Å². The molecule has 0 aliphatic rings. The van der Waals surface area contributed by atoms with Crippen LogP contribution in [-0.2, 0) is 12.2 Å². The van der Waals surface area contributed by atoms with Crippen LogP contribution in [0.1, 0.15) is 30.5 Å². The first kappa shape index (κ1) is 12.0. The number of benzene rings is 1. The van der Waals surface area contributed by atoms with Gasteiger partial charge in [-0.25, -0.2) is 4.39 Å². The third kappa shape index (κ3) is 2.29. The summed E-state index contributed by atoms with van der Waals surface area (Å²) >= 11 is 0. The van der Waals surface area contributed by atoms with E-state index < -0.39 is 5.67 Å². The van der Waals surface area contributed by atoms with Crippen molar-refractivity contribution in [1.29, 1.82) is 0 Å². The maximum absolute atomic E-state index is 13.9. The number of ether oxygens (including phenoxy) is 1. The molecular weight excluding hydrogens is 193 g/mol. The van der Waals surface area contributed by atoms with Crippen LogP contribution in [0, 0.1) is 6.92 Å². The summed E-state index contributed by atoms with van der Waals surface area (Å²) in [6.45, 7) is 5.33. The van der Waals surface area contributed by atoms with Crippen LogP contribution in [0.4, 0.5) is 4.39 Å². The highest BCUT2D eigenvalue weighted by Gasteiger charge is 2.25. The number of alkyl halides is 1. The third-order valence-electron chi connectivity index (χ3n) is 2.54. The second kappa shape index (κ2) is 4.19. The van der Waals surface area contributed by atoms with Crippen molar-refractivity contribution in [1.82, 2.24) is 0 Å². The summed E-state index contributed by atoms with van der Waals surface area (Å²) in [6, 6.07) is 3.63. The molecule has 0 aliphatic heterocycles. The second-order valence-corrected chi connectivity index (χ2v) is 4.12. The Hall–Kier alpha value is -1.09. The Bertz CT molecular complexity index is 355. The van der Waals surface area contributed by atoms with E-state index in [1.54, 1.807) is 13.2 Å². The van der Waals surface area contributed by atoms with Gasteiger partial charge in [0.15, 0.2) is 0 Å². The van der Waals surface area contributed by atoms with Crippen molar-refractivity contribution in [2.24, 2.45) is 5.73 Å². The van der Waals surface area contributed by atoms with E-state index in [1.165, 1.54) is 13.8 Å². The molecule has 0 bridgehead atoms. The van der Waals surface area contributed by atoms with Gasteiger partial charge in [0.25, 0.3) is 0 Å². The monoisotopic (exact) mass is 211 g/mol. The lowest BCUT2D eigenvalue weighted by atomic mass is 9.94. The fourth-order valence-electron chi connectivity index (χ4n) is 1.68. The van der Waals surface area contributed by atoms with Crippen molar-refractivity contribution in [2.75, 3.05) is 7.11 Å². The zero-order chi connectivity index (χ0) is 11.6. The predicted molar refractivity (Wildman–Crippen MR) is 59.8 cm³/mol. The van der Waals surface area contributed by atoms with E-state index in [4.69, 9.17) is 10.5 Å². The predicted octanol–water partition coefficient (Wildman–Crippen LogP) is 2.67. The maximum Gasteiger partial charge on any atom is 0.134 e. The minimum atomic E-state index is -1.41. The van der Waals surface area contributed by atoms with Crippen LogP contribution >= 0.6 is 0 Å². The molecule has 15 heavy (non-hydrogen) atoms. The fourth-order valence-corrected chi connectivity index (χ4v) is 1.68. The van der Waals surface area contributed by atoms with Crippen LogP contribution in [0.25, 0.3) is 0 Å². The topological polar surface area (TPSA) is 35.2 Å². The zero-order valence-corrected chi connectivity index (χ0v) is 9.73. The van der Waals surface area contributed by atoms with E-state index in [0.29, 0.717) is 17.9 Å². The van der Waals surface area contributed by atoms with Gasteiger partial charge in [-0.15, -0.1) is 0 Å². The lowest BCUT2D eigenvalue weighted by Gasteiger charge is -2.21. The lowest BCUT2D eigenvalue weighted by molar-refractivity contribution is 0.213. The molecule has 0 atom stereocenters. The summed E-state index contributed by atoms with van der Waals surface area (Å²) < 4.78 is 19.2. The van der Waals surface area contributed by atoms with Crippen LogP contribution < -0.4 is 10.5 Å². The van der Waals surface area contributed by atoms with Gasteiger partial charge in [0.05, 0.1) is 7.11 Å². The van der Waals surface area contributed by atoms with E-state index in [2.05, 4.69) is 0 Å². The smallest absolute Gasteiger partial charge is 0.134 e. The van der Waals surface area contributed by atoms with E-state index >= 15 is 0 Å². The highest BCUT2D eigenvalue weighted by molar-refractivity contribution is 5.48. The quantitative estimate of drug-likeness (QED) is 0.834. The molecule has 0 aliphatic carbocycles. The van der Waals surface area contributed by atoms with Gasteiger partial charge in [0.1, 0.15) is 11.4 Å².